The Kier molecular flexibility index (Phi) is 5.16. The van der Waals surface area contributed by atoms with E-state index in [1.807, 2.05) is 18.2 Å². The van der Waals surface area contributed by atoms with Gasteiger partial charge in [0.1, 0.15) is 35.6 Å². The van der Waals surface area contributed by atoms with Crippen molar-refractivity contribution in [1.82, 2.24) is 0 Å². The van der Waals surface area contributed by atoms with Gasteiger partial charge in [-0.1, -0.05) is 42.6 Å². The summed E-state index contributed by atoms with van der Waals surface area (Å²) in [4.78, 5) is 0. The van der Waals surface area contributed by atoms with Gasteiger partial charge in [-0.05, 0) is 62.1 Å². The summed E-state index contributed by atoms with van der Waals surface area (Å²) in [7, 11) is 0. The first-order valence-electron chi connectivity index (χ1n) is 12.1. The van der Waals surface area contributed by atoms with Gasteiger partial charge in [-0.15, -0.1) is 0 Å². The summed E-state index contributed by atoms with van der Waals surface area (Å²) < 4.78 is 18.8. The minimum atomic E-state index is -0.258. The molecule has 0 saturated carbocycles. The minimum Gasteiger partial charge on any atom is -0.678 e. The third kappa shape index (κ3) is 3.87. The Morgan fingerprint density at radius 2 is 1.94 bits per heavy atom. The van der Waals surface area contributed by atoms with E-state index < -0.39 is 0 Å². The van der Waals surface area contributed by atoms with Crippen LogP contribution >= 0.6 is 0 Å². The smallest absolute Gasteiger partial charge is 0.145 e. The van der Waals surface area contributed by atoms with E-state index >= 15 is 0 Å². The zero-order valence-corrected chi connectivity index (χ0v) is 19.7. The van der Waals surface area contributed by atoms with Crippen molar-refractivity contribution in [3.05, 3.63) is 76.6 Å². The number of rotatable bonds is 4. The lowest BCUT2D eigenvalue weighted by atomic mass is 9.94. The fourth-order valence-corrected chi connectivity index (χ4v) is 5.03. The lowest BCUT2D eigenvalue weighted by Crippen LogP contribution is -2.43. The average Bonchev–Trinajstić information content (AvgIpc) is 2.87. The summed E-state index contributed by atoms with van der Waals surface area (Å²) in [5.41, 5.74) is 6.27. The lowest BCUT2D eigenvalue weighted by Gasteiger charge is -2.39. The fourth-order valence-electron chi connectivity index (χ4n) is 5.03. The first-order valence-corrected chi connectivity index (χ1v) is 12.1. The predicted molar refractivity (Wildman–Crippen MR) is 135 cm³/mol. The Morgan fingerprint density at radius 1 is 1.03 bits per heavy atom. The lowest BCUT2D eigenvalue weighted by molar-refractivity contribution is 0.0860. The van der Waals surface area contributed by atoms with Gasteiger partial charge in [0.05, 0.1) is 17.9 Å². The molecule has 6 rings (SSSR count). The van der Waals surface area contributed by atoms with Crippen LogP contribution in [-0.2, 0) is 6.42 Å². The normalized spacial score (nSPS) is 22.2. The number of ether oxygens (including phenoxy) is 3. The Balaban J connectivity index is 1.17. The molecular formula is C28H30N3O3-. The van der Waals surface area contributed by atoms with Gasteiger partial charge >= 0.3 is 0 Å². The van der Waals surface area contributed by atoms with Crippen LogP contribution in [0.5, 0.6) is 17.2 Å². The summed E-state index contributed by atoms with van der Waals surface area (Å²) in [6, 6.07) is 18.7. The van der Waals surface area contributed by atoms with E-state index in [1.165, 1.54) is 5.56 Å². The monoisotopic (exact) mass is 456 g/mol. The van der Waals surface area contributed by atoms with Crippen molar-refractivity contribution in [2.24, 2.45) is 0 Å². The second-order valence-electron chi connectivity index (χ2n) is 9.58. The molecule has 6 heteroatoms. The molecule has 0 saturated heterocycles. The number of benzene rings is 3. The van der Waals surface area contributed by atoms with Crippen molar-refractivity contribution >= 4 is 17.1 Å². The third-order valence-corrected chi connectivity index (χ3v) is 7.02. The Bertz CT molecular complexity index is 1230. The largest absolute Gasteiger partial charge is 0.678 e. The van der Waals surface area contributed by atoms with Crippen LogP contribution in [0.15, 0.2) is 54.6 Å². The highest BCUT2D eigenvalue weighted by molar-refractivity contribution is 5.66. The summed E-state index contributed by atoms with van der Waals surface area (Å²) >= 11 is 0. The van der Waals surface area contributed by atoms with Crippen LogP contribution in [0.2, 0.25) is 0 Å². The minimum absolute atomic E-state index is 0.113. The highest BCUT2D eigenvalue weighted by Crippen LogP contribution is 2.44. The molecule has 3 aliphatic rings. The zero-order chi connectivity index (χ0) is 23.1. The molecule has 0 aromatic heterocycles. The molecule has 3 aliphatic heterocycles. The number of fused-ring (bicyclic) bond motifs is 3. The highest BCUT2D eigenvalue weighted by Gasteiger charge is 2.31. The van der Waals surface area contributed by atoms with E-state index in [2.05, 4.69) is 60.9 Å². The topological polar surface area (TPSA) is 65.9 Å². The second-order valence-corrected chi connectivity index (χ2v) is 9.58. The average molecular weight is 457 g/mol. The molecule has 0 fully saturated rings. The number of anilines is 2. The number of hydrogen-bond donors (Lipinski definition) is 2. The van der Waals surface area contributed by atoms with Crippen molar-refractivity contribution in [2.45, 2.75) is 38.4 Å². The summed E-state index contributed by atoms with van der Waals surface area (Å²) in [5.74, 6) is 2.71. The van der Waals surface area contributed by atoms with E-state index in [0.29, 0.717) is 13.2 Å². The molecular weight excluding hydrogens is 426 g/mol. The Hall–Kier alpha value is -3.54. The van der Waals surface area contributed by atoms with Gasteiger partial charge in [0.2, 0.25) is 0 Å². The number of para-hydroxylation sites is 2. The van der Waals surface area contributed by atoms with Crippen molar-refractivity contribution in [2.75, 3.05) is 36.9 Å². The van der Waals surface area contributed by atoms with Gasteiger partial charge in [0.15, 0.2) is 0 Å². The van der Waals surface area contributed by atoms with Crippen LogP contribution in [-0.4, -0.2) is 31.8 Å². The first-order chi connectivity index (χ1) is 16.6. The van der Waals surface area contributed by atoms with Crippen LogP contribution in [0, 0.1) is 6.92 Å². The molecule has 6 nitrogen and oxygen atoms in total. The molecule has 0 aliphatic carbocycles. The molecule has 2 unspecified atom stereocenters. The molecule has 3 heterocycles. The third-order valence-electron chi connectivity index (χ3n) is 7.02. The molecule has 2 atom stereocenters. The molecule has 0 amide bonds. The van der Waals surface area contributed by atoms with Crippen LogP contribution < -0.4 is 24.8 Å². The zero-order valence-electron chi connectivity index (χ0n) is 19.7. The Labute approximate surface area is 200 Å². The van der Waals surface area contributed by atoms with Crippen molar-refractivity contribution in [3.8, 4) is 17.2 Å². The first kappa shape index (κ1) is 21.0. The van der Waals surface area contributed by atoms with E-state index in [-0.39, 0.29) is 11.7 Å². The van der Waals surface area contributed by atoms with Gasteiger partial charge in [-0.2, -0.15) is 0 Å². The standard InChI is InChI=1S/C28H30N3O3/c1-18-20(8-10-23-27(18)32-14-13-29-23)26-16-30-22-9-7-19(15-25(22)33-26)11-12-28(2)17-31-21-5-3-4-6-24(21)34-28/h3-10,15,26,29,31H,11-14,16-17H2,1-2H3/q-1. The predicted octanol–water partition coefficient (Wildman–Crippen LogP) is 6.13. The molecule has 2 N–H and O–H groups in total. The summed E-state index contributed by atoms with van der Waals surface area (Å²) in [6.07, 6.45) is 1.69. The van der Waals surface area contributed by atoms with Gasteiger partial charge in [-0.25, -0.2) is 0 Å². The maximum absolute atomic E-state index is 6.48. The second kappa shape index (κ2) is 8.35. The maximum atomic E-state index is 6.48. The van der Waals surface area contributed by atoms with Crippen LogP contribution in [0.1, 0.15) is 36.1 Å². The molecule has 176 valence electrons. The number of nitrogens with one attached hydrogen (secondary N) is 2. The van der Waals surface area contributed by atoms with Crippen molar-refractivity contribution in [1.29, 1.82) is 0 Å². The van der Waals surface area contributed by atoms with Gasteiger partial charge < -0.3 is 30.2 Å². The van der Waals surface area contributed by atoms with Crippen molar-refractivity contribution < 1.29 is 14.2 Å². The molecule has 34 heavy (non-hydrogen) atoms. The fraction of sp³-hybridized carbons (Fsp3) is 0.357. The SMILES string of the molecule is Cc1c(C2C[N-]c3ccc(CCC4(C)CNc5ccccc5O4)cc3O2)ccc2c1OCCN2. The van der Waals surface area contributed by atoms with Crippen molar-refractivity contribution in [3.63, 3.8) is 0 Å². The molecule has 0 bridgehead atoms. The van der Waals surface area contributed by atoms with Gasteiger partial charge in [0, 0.05) is 12.1 Å². The van der Waals surface area contributed by atoms with Crippen LogP contribution in [0.4, 0.5) is 17.1 Å². The number of hydrogen-bond acceptors (Lipinski definition) is 5. The highest BCUT2D eigenvalue weighted by atomic mass is 16.5. The van der Waals surface area contributed by atoms with E-state index in [0.717, 1.165) is 71.4 Å². The number of nitrogens with zero attached hydrogens (tertiary/aromatic N) is 1. The quantitative estimate of drug-likeness (QED) is 0.494. The molecule has 0 radical (unpaired) electrons. The molecule has 0 spiro atoms. The summed E-state index contributed by atoms with van der Waals surface area (Å²) in [6.45, 7) is 7.19. The maximum Gasteiger partial charge on any atom is 0.145 e. The van der Waals surface area contributed by atoms with E-state index in [9.17, 15) is 0 Å². The van der Waals surface area contributed by atoms with E-state index in [4.69, 9.17) is 19.5 Å². The van der Waals surface area contributed by atoms with Crippen LogP contribution in [0.3, 0.4) is 0 Å². The number of aryl methyl sites for hydroxylation is 1. The molecule has 3 aromatic carbocycles. The van der Waals surface area contributed by atoms with Gasteiger partial charge in [0.25, 0.3) is 0 Å². The van der Waals surface area contributed by atoms with Crippen LogP contribution in [0.25, 0.3) is 5.32 Å². The Morgan fingerprint density at radius 3 is 2.88 bits per heavy atom. The molecule has 3 aromatic rings. The summed E-state index contributed by atoms with van der Waals surface area (Å²) in [5, 5.41) is 11.7. The van der Waals surface area contributed by atoms with E-state index in [1.54, 1.807) is 0 Å². The van der Waals surface area contributed by atoms with Gasteiger partial charge in [-0.3, -0.25) is 0 Å².